The van der Waals surface area contributed by atoms with Crippen LogP contribution in [0.5, 0.6) is 0 Å². The molecule has 0 aliphatic heterocycles. The first-order valence-corrected chi connectivity index (χ1v) is 6.41. The van der Waals surface area contributed by atoms with Crippen LogP contribution < -0.4 is 5.43 Å². The Morgan fingerprint density at radius 1 is 1.30 bits per heavy atom. The van der Waals surface area contributed by atoms with Crippen LogP contribution in [0.25, 0.3) is 11.4 Å². The summed E-state index contributed by atoms with van der Waals surface area (Å²) in [4.78, 5) is 12.8. The summed E-state index contributed by atoms with van der Waals surface area (Å²) in [5.41, 5.74) is 3.22. The van der Waals surface area contributed by atoms with Crippen LogP contribution in [0, 0.1) is 0 Å². The van der Waals surface area contributed by atoms with Crippen molar-refractivity contribution >= 4 is 29.1 Å². The SMILES string of the molecule is CN(C)NC(=O)Cn1nnc(-c2cc(Cl)cc(Cl)c2)n1. The molecular formula is C11H12Cl2N6O. The molecule has 0 saturated carbocycles. The molecule has 0 bridgehead atoms. The van der Waals surface area contributed by atoms with Crippen molar-refractivity contribution in [1.29, 1.82) is 0 Å². The number of hydrazine groups is 1. The molecule has 9 heteroatoms. The first kappa shape index (κ1) is 14.7. The number of nitrogens with zero attached hydrogens (tertiary/aromatic N) is 5. The van der Waals surface area contributed by atoms with Crippen LogP contribution in [0.1, 0.15) is 0 Å². The van der Waals surface area contributed by atoms with Crippen LogP contribution in [0.3, 0.4) is 0 Å². The van der Waals surface area contributed by atoms with Gasteiger partial charge in [-0.1, -0.05) is 23.2 Å². The van der Waals surface area contributed by atoms with E-state index in [0.29, 0.717) is 21.4 Å². The van der Waals surface area contributed by atoms with Gasteiger partial charge in [-0.3, -0.25) is 10.2 Å². The van der Waals surface area contributed by atoms with Crippen LogP contribution in [0.15, 0.2) is 18.2 Å². The third-order valence-electron chi connectivity index (χ3n) is 2.21. The molecular weight excluding hydrogens is 303 g/mol. The summed E-state index contributed by atoms with van der Waals surface area (Å²) in [6, 6.07) is 4.96. The Balaban J connectivity index is 2.14. The van der Waals surface area contributed by atoms with Crippen molar-refractivity contribution in [3.05, 3.63) is 28.2 Å². The first-order valence-electron chi connectivity index (χ1n) is 5.65. The summed E-state index contributed by atoms with van der Waals surface area (Å²) >= 11 is 11.8. The first-order chi connectivity index (χ1) is 9.44. The van der Waals surface area contributed by atoms with Gasteiger partial charge in [0.15, 0.2) is 0 Å². The van der Waals surface area contributed by atoms with E-state index in [4.69, 9.17) is 23.2 Å². The Morgan fingerprint density at radius 2 is 1.95 bits per heavy atom. The molecule has 1 aromatic carbocycles. The normalized spacial score (nSPS) is 10.8. The van der Waals surface area contributed by atoms with Crippen LogP contribution >= 0.6 is 23.2 Å². The molecule has 2 aromatic rings. The molecule has 1 heterocycles. The molecule has 0 atom stereocenters. The highest BCUT2D eigenvalue weighted by atomic mass is 35.5. The summed E-state index contributed by atoms with van der Waals surface area (Å²) in [5, 5.41) is 14.3. The van der Waals surface area contributed by atoms with Gasteiger partial charge in [-0.2, -0.15) is 4.80 Å². The number of amides is 1. The molecule has 0 aliphatic carbocycles. The minimum atomic E-state index is -0.247. The number of nitrogens with one attached hydrogen (secondary N) is 1. The average Bonchev–Trinajstić information content (AvgIpc) is 2.74. The lowest BCUT2D eigenvalue weighted by atomic mass is 10.2. The highest BCUT2D eigenvalue weighted by Gasteiger charge is 2.10. The van der Waals surface area contributed by atoms with Gasteiger partial charge < -0.3 is 0 Å². The maximum atomic E-state index is 11.6. The molecule has 0 saturated heterocycles. The van der Waals surface area contributed by atoms with Gasteiger partial charge in [0, 0.05) is 29.7 Å². The van der Waals surface area contributed by atoms with Gasteiger partial charge in [0.25, 0.3) is 5.91 Å². The average molecular weight is 315 g/mol. The van der Waals surface area contributed by atoms with Crippen LogP contribution in [-0.2, 0) is 11.3 Å². The summed E-state index contributed by atoms with van der Waals surface area (Å²) in [5.74, 6) is 0.107. The standard InChI is InChI=1S/C11H12Cl2N6O/c1-18(2)15-10(20)6-19-16-11(14-17-19)7-3-8(12)5-9(13)4-7/h3-5H,6H2,1-2H3,(H,15,20). The lowest BCUT2D eigenvalue weighted by Gasteiger charge is -2.10. The molecule has 7 nitrogen and oxygen atoms in total. The summed E-state index contributed by atoms with van der Waals surface area (Å²) in [6.07, 6.45) is 0. The van der Waals surface area contributed by atoms with Crippen LogP contribution in [0.2, 0.25) is 10.0 Å². The molecule has 20 heavy (non-hydrogen) atoms. The van der Waals surface area contributed by atoms with E-state index in [0.717, 1.165) is 0 Å². The number of carbonyl (C=O) groups is 1. The molecule has 106 valence electrons. The minimum absolute atomic E-state index is 0.0283. The Morgan fingerprint density at radius 3 is 2.55 bits per heavy atom. The fourth-order valence-electron chi connectivity index (χ4n) is 1.52. The fourth-order valence-corrected chi connectivity index (χ4v) is 2.05. The monoisotopic (exact) mass is 314 g/mol. The van der Waals surface area contributed by atoms with E-state index in [1.807, 2.05) is 0 Å². The van der Waals surface area contributed by atoms with Gasteiger partial charge in [0.05, 0.1) is 0 Å². The van der Waals surface area contributed by atoms with E-state index >= 15 is 0 Å². The second-order valence-electron chi connectivity index (χ2n) is 4.23. The predicted molar refractivity (Wildman–Crippen MR) is 75.1 cm³/mol. The zero-order valence-electron chi connectivity index (χ0n) is 10.8. The molecule has 1 N–H and O–H groups in total. The van der Waals surface area contributed by atoms with E-state index in [1.54, 1.807) is 32.3 Å². The zero-order chi connectivity index (χ0) is 14.7. The Kier molecular flexibility index (Phi) is 4.53. The van der Waals surface area contributed by atoms with Crippen molar-refractivity contribution in [2.75, 3.05) is 14.1 Å². The molecule has 0 unspecified atom stereocenters. The number of carbonyl (C=O) groups excluding carboxylic acids is 1. The second kappa shape index (κ2) is 6.17. The number of benzene rings is 1. The zero-order valence-corrected chi connectivity index (χ0v) is 12.4. The van der Waals surface area contributed by atoms with Crippen LogP contribution in [0.4, 0.5) is 0 Å². The lowest BCUT2D eigenvalue weighted by Crippen LogP contribution is -2.38. The number of halogens is 2. The molecule has 1 aromatic heterocycles. The van der Waals surface area contributed by atoms with Gasteiger partial charge in [-0.25, -0.2) is 5.01 Å². The van der Waals surface area contributed by atoms with Gasteiger partial charge in [0.1, 0.15) is 6.54 Å². The molecule has 0 fully saturated rings. The Hall–Kier alpha value is -1.70. The highest BCUT2D eigenvalue weighted by Crippen LogP contribution is 2.24. The Labute approximate surface area is 125 Å². The van der Waals surface area contributed by atoms with Crippen molar-refractivity contribution < 1.29 is 4.79 Å². The van der Waals surface area contributed by atoms with E-state index < -0.39 is 0 Å². The predicted octanol–water partition coefficient (Wildman–Crippen LogP) is 1.24. The maximum absolute atomic E-state index is 11.6. The minimum Gasteiger partial charge on any atom is -0.288 e. The largest absolute Gasteiger partial charge is 0.288 e. The third-order valence-corrected chi connectivity index (χ3v) is 2.64. The number of hydrogen-bond acceptors (Lipinski definition) is 5. The van der Waals surface area contributed by atoms with E-state index in [-0.39, 0.29) is 12.5 Å². The summed E-state index contributed by atoms with van der Waals surface area (Å²) < 4.78 is 0. The van der Waals surface area contributed by atoms with E-state index in [9.17, 15) is 4.79 Å². The highest BCUT2D eigenvalue weighted by molar-refractivity contribution is 6.35. The van der Waals surface area contributed by atoms with E-state index in [1.165, 1.54) is 9.81 Å². The molecule has 0 aliphatic rings. The van der Waals surface area contributed by atoms with Crippen molar-refractivity contribution in [1.82, 2.24) is 30.6 Å². The second-order valence-corrected chi connectivity index (χ2v) is 5.10. The smallest absolute Gasteiger partial charge is 0.257 e. The maximum Gasteiger partial charge on any atom is 0.257 e. The fraction of sp³-hybridized carbons (Fsp3) is 0.273. The number of aromatic nitrogens is 4. The van der Waals surface area contributed by atoms with Crippen molar-refractivity contribution in [3.8, 4) is 11.4 Å². The summed E-state index contributed by atoms with van der Waals surface area (Å²) in [6.45, 7) is -0.0283. The van der Waals surface area contributed by atoms with Gasteiger partial charge in [0.2, 0.25) is 5.82 Å². The van der Waals surface area contributed by atoms with Gasteiger partial charge >= 0.3 is 0 Å². The Bertz CT molecular complexity index is 607. The molecule has 2 rings (SSSR count). The number of hydrogen-bond donors (Lipinski definition) is 1. The molecule has 0 spiro atoms. The molecule has 1 amide bonds. The third kappa shape index (κ3) is 3.89. The summed E-state index contributed by atoms with van der Waals surface area (Å²) in [7, 11) is 3.43. The van der Waals surface area contributed by atoms with Crippen molar-refractivity contribution in [2.45, 2.75) is 6.54 Å². The van der Waals surface area contributed by atoms with Gasteiger partial charge in [-0.05, 0) is 23.4 Å². The number of tetrazole rings is 1. The molecule has 0 radical (unpaired) electrons. The van der Waals surface area contributed by atoms with Crippen molar-refractivity contribution in [3.63, 3.8) is 0 Å². The van der Waals surface area contributed by atoms with Crippen molar-refractivity contribution in [2.24, 2.45) is 0 Å². The van der Waals surface area contributed by atoms with Crippen LogP contribution in [-0.4, -0.2) is 45.2 Å². The number of rotatable bonds is 4. The van der Waals surface area contributed by atoms with Gasteiger partial charge in [-0.15, -0.1) is 10.2 Å². The quantitative estimate of drug-likeness (QED) is 0.859. The van der Waals surface area contributed by atoms with E-state index in [2.05, 4.69) is 20.8 Å². The topological polar surface area (TPSA) is 75.9 Å². The lowest BCUT2D eigenvalue weighted by molar-refractivity contribution is -0.125.